The molecule has 8 heteroatoms. The number of ether oxygens (including phenoxy) is 1. The number of benzene rings is 1. The number of aromatic hydroxyl groups is 1. The molecular formula is C13H16O8. The molecule has 116 valence electrons. The number of carbonyl (C=O) groups is 1. The minimum Gasteiger partial charge on any atom is -0.508 e. The maximum absolute atomic E-state index is 12.3. The maximum Gasteiger partial charge on any atom is 0.261 e. The Morgan fingerprint density at radius 2 is 1.71 bits per heavy atom. The van der Waals surface area contributed by atoms with Gasteiger partial charge in [0.05, 0.1) is 6.61 Å². The fraction of sp³-hybridized carbons (Fsp3) is 0.462. The predicted octanol–water partition coefficient (Wildman–Crippen LogP) is -2.26. The van der Waals surface area contributed by atoms with Crippen LogP contribution in [-0.2, 0) is 4.74 Å². The van der Waals surface area contributed by atoms with E-state index in [1.54, 1.807) is 0 Å². The number of phenols is 1. The van der Waals surface area contributed by atoms with Crippen LogP contribution in [0.4, 0.5) is 0 Å². The average Bonchev–Trinajstić information content (AvgIpc) is 2.49. The second kappa shape index (κ2) is 5.68. The van der Waals surface area contributed by atoms with Crippen molar-refractivity contribution >= 4 is 5.78 Å². The van der Waals surface area contributed by atoms with Gasteiger partial charge in [-0.25, -0.2) is 0 Å². The molecular weight excluding hydrogens is 284 g/mol. The van der Waals surface area contributed by atoms with E-state index in [4.69, 9.17) is 14.9 Å². The Balaban J connectivity index is 2.34. The third-order valence-electron chi connectivity index (χ3n) is 3.42. The summed E-state index contributed by atoms with van der Waals surface area (Å²) in [6.45, 7) is -0.768. The molecule has 1 heterocycles. The quantitative estimate of drug-likeness (QED) is 0.343. The summed E-state index contributed by atoms with van der Waals surface area (Å²) in [5.74, 6) is -3.99. The first kappa shape index (κ1) is 15.8. The van der Waals surface area contributed by atoms with Crippen LogP contribution in [0.2, 0.25) is 0 Å². The molecule has 1 aromatic carbocycles. The molecule has 0 bridgehead atoms. The zero-order valence-corrected chi connectivity index (χ0v) is 10.8. The summed E-state index contributed by atoms with van der Waals surface area (Å²) >= 11 is 0. The van der Waals surface area contributed by atoms with Crippen LogP contribution in [0, 0.1) is 0 Å². The highest BCUT2D eigenvalue weighted by Crippen LogP contribution is 2.31. The summed E-state index contributed by atoms with van der Waals surface area (Å²) in [5.41, 5.74) is -0.0883. The summed E-state index contributed by atoms with van der Waals surface area (Å²) < 4.78 is 4.90. The number of aliphatic hydroxyl groups excluding tert-OH is 4. The maximum atomic E-state index is 12.3. The minimum absolute atomic E-state index is 0.0883. The summed E-state index contributed by atoms with van der Waals surface area (Å²) in [7, 11) is 0. The van der Waals surface area contributed by atoms with E-state index in [1.165, 1.54) is 24.3 Å². The molecule has 1 aromatic rings. The van der Waals surface area contributed by atoms with E-state index in [1.807, 2.05) is 0 Å². The van der Waals surface area contributed by atoms with E-state index in [0.29, 0.717) is 0 Å². The zero-order valence-electron chi connectivity index (χ0n) is 10.8. The predicted molar refractivity (Wildman–Crippen MR) is 67.4 cm³/mol. The van der Waals surface area contributed by atoms with Crippen LogP contribution >= 0.6 is 0 Å². The summed E-state index contributed by atoms with van der Waals surface area (Å²) in [6, 6.07) is 4.77. The second-order valence-corrected chi connectivity index (χ2v) is 4.84. The van der Waals surface area contributed by atoms with Crippen LogP contribution in [0.5, 0.6) is 5.75 Å². The lowest BCUT2D eigenvalue weighted by Gasteiger charge is -2.44. The molecule has 0 radical (unpaired) electrons. The molecule has 1 unspecified atom stereocenters. The number of carbonyl (C=O) groups excluding carboxylic acids is 1. The summed E-state index contributed by atoms with van der Waals surface area (Å²) in [4.78, 5) is 12.3. The van der Waals surface area contributed by atoms with E-state index >= 15 is 0 Å². The van der Waals surface area contributed by atoms with Crippen molar-refractivity contribution in [3.8, 4) is 5.75 Å². The summed E-state index contributed by atoms with van der Waals surface area (Å²) in [6.07, 6.45) is -7.06. The Kier molecular flexibility index (Phi) is 4.28. The number of aliphatic hydroxyl groups is 5. The van der Waals surface area contributed by atoms with Crippen molar-refractivity contribution in [1.82, 2.24) is 0 Å². The molecule has 6 N–H and O–H groups in total. The normalized spacial score (nSPS) is 36.4. The Morgan fingerprint density at radius 3 is 2.24 bits per heavy atom. The number of hydrogen-bond acceptors (Lipinski definition) is 8. The van der Waals surface area contributed by atoms with Gasteiger partial charge in [0, 0.05) is 5.56 Å². The topological polar surface area (TPSA) is 148 Å². The molecule has 21 heavy (non-hydrogen) atoms. The lowest BCUT2D eigenvalue weighted by molar-refractivity contribution is -0.322. The van der Waals surface area contributed by atoms with Crippen LogP contribution in [0.25, 0.3) is 0 Å². The van der Waals surface area contributed by atoms with E-state index in [0.717, 1.165) is 0 Å². The van der Waals surface area contributed by atoms with Gasteiger partial charge in [-0.2, -0.15) is 0 Å². The van der Waals surface area contributed by atoms with Gasteiger partial charge in [-0.3, -0.25) is 4.79 Å². The molecule has 5 atom stereocenters. The van der Waals surface area contributed by atoms with Crippen molar-refractivity contribution in [2.45, 2.75) is 30.2 Å². The van der Waals surface area contributed by atoms with E-state index in [2.05, 4.69) is 0 Å². The first-order valence-electron chi connectivity index (χ1n) is 6.20. The first-order valence-corrected chi connectivity index (χ1v) is 6.20. The Morgan fingerprint density at radius 1 is 1.14 bits per heavy atom. The standard InChI is InChI=1S/C13H16O8/c14-5-8-9(16)10(17)12(19)13(20,21-8)11(18)6-1-3-7(15)4-2-6/h1-4,8-10,12,14-17,19-20H,5H2/t8-,9-,10+,12-,13?/m1/s1. The van der Waals surface area contributed by atoms with Crippen molar-refractivity contribution < 1.29 is 40.2 Å². The first-order chi connectivity index (χ1) is 9.81. The van der Waals surface area contributed by atoms with Crippen LogP contribution in [-0.4, -0.2) is 73.2 Å². The van der Waals surface area contributed by atoms with E-state index in [9.17, 15) is 25.2 Å². The van der Waals surface area contributed by atoms with Gasteiger partial charge >= 0.3 is 0 Å². The lowest BCUT2D eigenvalue weighted by Crippen LogP contribution is -2.68. The molecule has 1 aliphatic rings. The highest BCUT2D eigenvalue weighted by Gasteiger charge is 2.57. The molecule has 0 aromatic heterocycles. The molecule has 0 saturated carbocycles. The van der Waals surface area contributed by atoms with E-state index in [-0.39, 0.29) is 11.3 Å². The fourth-order valence-electron chi connectivity index (χ4n) is 2.16. The molecule has 1 fully saturated rings. The number of hydrogen-bond donors (Lipinski definition) is 6. The van der Waals surface area contributed by atoms with Gasteiger partial charge in [0.15, 0.2) is 0 Å². The highest BCUT2D eigenvalue weighted by atomic mass is 16.7. The van der Waals surface area contributed by atoms with Gasteiger partial charge in [0.25, 0.3) is 5.79 Å². The highest BCUT2D eigenvalue weighted by molar-refractivity contribution is 6.02. The number of Topliss-reactive ketones (excluding diaryl/α,β-unsaturated/α-hetero) is 1. The van der Waals surface area contributed by atoms with Gasteiger partial charge in [0.2, 0.25) is 5.78 Å². The van der Waals surface area contributed by atoms with Gasteiger partial charge in [-0.05, 0) is 24.3 Å². The SMILES string of the molecule is O=C(c1ccc(O)cc1)C1(O)O[C@H](CO)[C@@H](O)[C@H](O)[C@H]1O. The molecule has 2 rings (SSSR count). The lowest BCUT2D eigenvalue weighted by atomic mass is 9.88. The van der Waals surface area contributed by atoms with Crippen molar-refractivity contribution in [3.05, 3.63) is 29.8 Å². The molecule has 1 aliphatic heterocycles. The van der Waals surface area contributed by atoms with Crippen molar-refractivity contribution in [2.75, 3.05) is 6.61 Å². The number of phenolic OH excluding ortho intramolecular Hbond substituents is 1. The zero-order chi connectivity index (χ0) is 15.8. The molecule has 0 aliphatic carbocycles. The van der Waals surface area contributed by atoms with Crippen LogP contribution in [0.15, 0.2) is 24.3 Å². The van der Waals surface area contributed by atoms with Gasteiger partial charge in [-0.15, -0.1) is 0 Å². The molecule has 8 nitrogen and oxygen atoms in total. The molecule has 1 saturated heterocycles. The third kappa shape index (κ3) is 2.64. The Hall–Kier alpha value is -1.55. The number of rotatable bonds is 3. The van der Waals surface area contributed by atoms with Gasteiger partial charge in [-0.1, -0.05) is 0 Å². The van der Waals surface area contributed by atoms with Crippen molar-refractivity contribution in [1.29, 1.82) is 0 Å². The smallest absolute Gasteiger partial charge is 0.261 e. The number of ketones is 1. The average molecular weight is 300 g/mol. The van der Waals surface area contributed by atoms with Crippen LogP contribution < -0.4 is 0 Å². The summed E-state index contributed by atoms with van der Waals surface area (Å²) in [5, 5.41) is 57.6. The largest absolute Gasteiger partial charge is 0.508 e. The van der Waals surface area contributed by atoms with Crippen molar-refractivity contribution in [3.63, 3.8) is 0 Å². The molecule has 0 amide bonds. The van der Waals surface area contributed by atoms with Gasteiger partial charge in [0.1, 0.15) is 30.2 Å². The van der Waals surface area contributed by atoms with Crippen LogP contribution in [0.3, 0.4) is 0 Å². The fourth-order valence-corrected chi connectivity index (χ4v) is 2.16. The van der Waals surface area contributed by atoms with E-state index < -0.39 is 42.6 Å². The van der Waals surface area contributed by atoms with Crippen molar-refractivity contribution in [2.24, 2.45) is 0 Å². The monoisotopic (exact) mass is 300 g/mol. The third-order valence-corrected chi connectivity index (χ3v) is 3.42. The second-order valence-electron chi connectivity index (χ2n) is 4.84. The molecule has 0 spiro atoms. The Bertz CT molecular complexity index is 513. The Labute approximate surface area is 119 Å². The van der Waals surface area contributed by atoms with Crippen LogP contribution in [0.1, 0.15) is 10.4 Å². The van der Waals surface area contributed by atoms with Gasteiger partial charge < -0.3 is 35.4 Å². The minimum atomic E-state index is -2.82.